The predicted octanol–water partition coefficient (Wildman–Crippen LogP) is 3.74. The minimum absolute atomic E-state index is 0.125. The lowest BCUT2D eigenvalue weighted by atomic mass is 9.84. The van der Waals surface area contributed by atoms with Gasteiger partial charge in [0.1, 0.15) is 5.82 Å². The van der Waals surface area contributed by atoms with Crippen LogP contribution in [0.2, 0.25) is 5.02 Å². The number of carbonyl (C=O) groups excluding carboxylic acids is 2. The van der Waals surface area contributed by atoms with Gasteiger partial charge >= 0.3 is 18.0 Å². The summed E-state index contributed by atoms with van der Waals surface area (Å²) in [7, 11) is 0. The Morgan fingerprint density at radius 3 is 2.53 bits per heavy atom. The number of benzene rings is 1. The molecule has 6 nitrogen and oxygen atoms in total. The minimum Gasteiger partial charge on any atom is -0.365 e. The summed E-state index contributed by atoms with van der Waals surface area (Å²) in [4.78, 5) is 29.7. The van der Waals surface area contributed by atoms with Crippen molar-refractivity contribution in [3.63, 3.8) is 0 Å². The molecule has 0 aliphatic carbocycles. The molecule has 1 spiro atoms. The molecule has 1 saturated heterocycles. The Morgan fingerprint density at radius 2 is 1.90 bits per heavy atom. The second kappa shape index (κ2) is 7.55. The molecule has 0 bridgehead atoms. The van der Waals surface area contributed by atoms with Crippen molar-refractivity contribution >= 4 is 29.2 Å². The Balaban J connectivity index is 1.37. The zero-order valence-electron chi connectivity index (χ0n) is 15.6. The minimum atomic E-state index is -4.53. The summed E-state index contributed by atoms with van der Waals surface area (Å²) in [5, 5.41) is 2.88. The topological polar surface area (TPSA) is 71.5 Å². The number of nitrogens with zero attached hydrogens (tertiary/aromatic N) is 2. The monoisotopic (exact) mass is 439 g/mol. The Morgan fingerprint density at radius 1 is 1.17 bits per heavy atom. The fraction of sp³-hybridized carbons (Fsp3) is 0.350. The van der Waals surface area contributed by atoms with Crippen LogP contribution in [0.3, 0.4) is 0 Å². The van der Waals surface area contributed by atoms with Gasteiger partial charge in [-0.05, 0) is 48.2 Å². The van der Waals surface area contributed by atoms with Gasteiger partial charge < -0.3 is 15.0 Å². The van der Waals surface area contributed by atoms with Crippen LogP contribution in [0.25, 0.3) is 0 Å². The summed E-state index contributed by atoms with van der Waals surface area (Å²) >= 11 is 6.03. The van der Waals surface area contributed by atoms with E-state index >= 15 is 0 Å². The van der Waals surface area contributed by atoms with E-state index in [0.717, 1.165) is 23.3 Å². The number of likely N-dealkylation sites (tertiary alicyclic amines) is 1. The second-order valence-corrected chi connectivity index (χ2v) is 7.70. The standard InChI is InChI=1S/C20H17ClF3N3O3/c21-14-2-3-15-12(9-14)11-30-19(15)5-7-27(8-6-19)18(29)17(28)26-16-4-1-13(10-25-16)20(22,23)24/h1-4,9-10H,5-8,11H2,(H,25,26,28). The molecule has 0 atom stereocenters. The number of alkyl halides is 3. The highest BCUT2D eigenvalue weighted by molar-refractivity contribution is 6.39. The highest BCUT2D eigenvalue weighted by Crippen LogP contribution is 2.44. The first-order valence-corrected chi connectivity index (χ1v) is 9.62. The fourth-order valence-electron chi connectivity index (χ4n) is 3.85. The number of nitrogens with one attached hydrogen (secondary N) is 1. The van der Waals surface area contributed by atoms with Crippen molar-refractivity contribution in [1.82, 2.24) is 9.88 Å². The summed E-state index contributed by atoms with van der Waals surface area (Å²) in [6.07, 6.45) is -2.87. The van der Waals surface area contributed by atoms with Crippen LogP contribution >= 0.6 is 11.6 Å². The lowest BCUT2D eigenvalue weighted by molar-refractivity contribution is -0.147. The zero-order valence-corrected chi connectivity index (χ0v) is 16.4. The first-order valence-electron chi connectivity index (χ1n) is 9.24. The van der Waals surface area contributed by atoms with Gasteiger partial charge in [0.05, 0.1) is 17.8 Å². The summed E-state index contributed by atoms with van der Waals surface area (Å²) in [6, 6.07) is 7.41. The maximum atomic E-state index is 12.6. The average molecular weight is 440 g/mol. The van der Waals surface area contributed by atoms with Gasteiger partial charge in [-0.3, -0.25) is 9.59 Å². The number of halogens is 4. The summed E-state index contributed by atoms with van der Waals surface area (Å²) in [5.41, 5.74) is 0.638. The molecule has 3 heterocycles. The summed E-state index contributed by atoms with van der Waals surface area (Å²) in [6.45, 7) is 1.08. The molecule has 2 amide bonds. The van der Waals surface area contributed by atoms with E-state index < -0.39 is 29.2 Å². The molecule has 10 heteroatoms. The van der Waals surface area contributed by atoms with Gasteiger partial charge in [-0.1, -0.05) is 17.7 Å². The second-order valence-electron chi connectivity index (χ2n) is 7.26. The number of anilines is 1. The molecular weight excluding hydrogens is 423 g/mol. The van der Waals surface area contributed by atoms with Crippen LogP contribution in [0.1, 0.15) is 29.5 Å². The van der Waals surface area contributed by atoms with Crippen LogP contribution in [-0.4, -0.2) is 34.8 Å². The van der Waals surface area contributed by atoms with Crippen molar-refractivity contribution in [2.75, 3.05) is 18.4 Å². The van der Waals surface area contributed by atoms with E-state index in [1.165, 1.54) is 4.90 Å². The van der Waals surface area contributed by atoms with E-state index in [9.17, 15) is 22.8 Å². The number of aromatic nitrogens is 1. The van der Waals surface area contributed by atoms with Crippen LogP contribution in [0, 0.1) is 0 Å². The third-order valence-corrected chi connectivity index (χ3v) is 5.68. The maximum absolute atomic E-state index is 12.6. The molecule has 4 rings (SSSR count). The summed E-state index contributed by atoms with van der Waals surface area (Å²) in [5.74, 6) is -1.83. The predicted molar refractivity (Wildman–Crippen MR) is 102 cm³/mol. The number of piperidine rings is 1. The number of amides is 2. The van der Waals surface area contributed by atoms with Crippen LogP contribution in [0.15, 0.2) is 36.5 Å². The number of pyridine rings is 1. The van der Waals surface area contributed by atoms with E-state index in [-0.39, 0.29) is 5.82 Å². The van der Waals surface area contributed by atoms with Crippen molar-refractivity contribution in [3.05, 3.63) is 58.2 Å². The quantitative estimate of drug-likeness (QED) is 0.687. The third-order valence-electron chi connectivity index (χ3n) is 5.45. The fourth-order valence-corrected chi connectivity index (χ4v) is 4.05. The SMILES string of the molecule is O=C(Nc1ccc(C(F)(F)F)cn1)C(=O)N1CCC2(CC1)OCc1cc(Cl)ccc12. The number of carbonyl (C=O) groups is 2. The highest BCUT2D eigenvalue weighted by atomic mass is 35.5. The molecule has 1 aromatic carbocycles. The highest BCUT2D eigenvalue weighted by Gasteiger charge is 2.44. The molecule has 1 fully saturated rings. The van der Waals surface area contributed by atoms with E-state index in [1.54, 1.807) is 6.07 Å². The largest absolute Gasteiger partial charge is 0.417 e. The van der Waals surface area contributed by atoms with Gasteiger partial charge in [0.25, 0.3) is 0 Å². The molecular formula is C20H17ClF3N3O3. The first kappa shape index (κ1) is 20.6. The molecule has 0 radical (unpaired) electrons. The Kier molecular flexibility index (Phi) is 5.19. The van der Waals surface area contributed by atoms with Crippen molar-refractivity contribution < 1.29 is 27.5 Å². The van der Waals surface area contributed by atoms with E-state index in [4.69, 9.17) is 16.3 Å². The number of hydrogen-bond acceptors (Lipinski definition) is 4. The molecule has 1 aromatic heterocycles. The Hall–Kier alpha value is -2.65. The third kappa shape index (κ3) is 3.87. The van der Waals surface area contributed by atoms with E-state index in [0.29, 0.717) is 43.8 Å². The van der Waals surface area contributed by atoms with Crippen LogP contribution in [0.4, 0.5) is 19.0 Å². The molecule has 2 aliphatic rings. The van der Waals surface area contributed by atoms with E-state index in [2.05, 4.69) is 10.3 Å². The smallest absolute Gasteiger partial charge is 0.365 e. The van der Waals surface area contributed by atoms with Gasteiger partial charge in [0.2, 0.25) is 0 Å². The Labute approximate surface area is 175 Å². The Bertz CT molecular complexity index is 987. The number of fused-ring (bicyclic) bond motifs is 2. The average Bonchev–Trinajstić information content (AvgIpc) is 3.05. The van der Waals surface area contributed by atoms with Gasteiger partial charge in [0.15, 0.2) is 0 Å². The van der Waals surface area contributed by atoms with Crippen LogP contribution in [-0.2, 0) is 32.7 Å². The van der Waals surface area contributed by atoms with E-state index in [1.807, 2.05) is 12.1 Å². The molecule has 1 N–H and O–H groups in total. The van der Waals surface area contributed by atoms with Crippen molar-refractivity contribution in [2.45, 2.75) is 31.2 Å². The maximum Gasteiger partial charge on any atom is 0.417 e. The molecule has 2 aliphatic heterocycles. The molecule has 158 valence electrons. The summed E-state index contributed by atoms with van der Waals surface area (Å²) < 4.78 is 43.8. The number of hydrogen-bond donors (Lipinski definition) is 1. The zero-order chi connectivity index (χ0) is 21.5. The van der Waals surface area contributed by atoms with Gasteiger partial charge in [-0.25, -0.2) is 4.98 Å². The van der Waals surface area contributed by atoms with Gasteiger partial charge in [-0.2, -0.15) is 13.2 Å². The lowest BCUT2D eigenvalue weighted by Gasteiger charge is -2.39. The first-order chi connectivity index (χ1) is 14.2. The van der Waals surface area contributed by atoms with Crippen molar-refractivity contribution in [3.8, 4) is 0 Å². The van der Waals surface area contributed by atoms with Crippen LogP contribution < -0.4 is 5.32 Å². The number of ether oxygens (including phenoxy) is 1. The molecule has 30 heavy (non-hydrogen) atoms. The molecule has 2 aromatic rings. The van der Waals surface area contributed by atoms with Crippen molar-refractivity contribution in [1.29, 1.82) is 0 Å². The number of rotatable bonds is 1. The normalized spacial score (nSPS) is 17.7. The van der Waals surface area contributed by atoms with Gasteiger partial charge in [-0.15, -0.1) is 0 Å². The molecule has 0 saturated carbocycles. The van der Waals surface area contributed by atoms with Crippen LogP contribution in [0.5, 0.6) is 0 Å². The van der Waals surface area contributed by atoms with Gasteiger partial charge in [0, 0.05) is 24.3 Å². The molecule has 0 unspecified atom stereocenters. The lowest BCUT2D eigenvalue weighted by Crippen LogP contribution is -2.48. The van der Waals surface area contributed by atoms with Crippen molar-refractivity contribution in [2.24, 2.45) is 0 Å².